The first-order valence-electron chi connectivity index (χ1n) is 9.67. The van der Waals surface area contributed by atoms with Crippen molar-refractivity contribution in [2.45, 2.75) is 17.7 Å². The van der Waals surface area contributed by atoms with Gasteiger partial charge >= 0.3 is 5.97 Å². The number of carbonyl (C=O) groups excluding carboxylic acids is 1. The van der Waals surface area contributed by atoms with Crippen LogP contribution in [0.5, 0.6) is 0 Å². The lowest BCUT2D eigenvalue weighted by Crippen LogP contribution is -2.01. The SMILES string of the molecule is Cc1cccc(C(=O)O/N=C\c2cc3ccccc3nc2SCc2ccc(Cl)cc2)c1. The molecule has 4 aromatic rings. The number of nitrogens with zero attached hydrogens (tertiary/aromatic N) is 2. The summed E-state index contributed by atoms with van der Waals surface area (Å²) in [5.74, 6) is 0.232. The minimum Gasteiger partial charge on any atom is -0.313 e. The first-order valence-corrected chi connectivity index (χ1v) is 11.0. The summed E-state index contributed by atoms with van der Waals surface area (Å²) in [6.45, 7) is 1.92. The number of aryl methyl sites for hydroxylation is 1. The summed E-state index contributed by atoms with van der Waals surface area (Å²) in [6.07, 6.45) is 1.54. The fourth-order valence-electron chi connectivity index (χ4n) is 3.01. The van der Waals surface area contributed by atoms with Crippen LogP contribution in [0.15, 0.2) is 89.0 Å². The van der Waals surface area contributed by atoms with Crippen molar-refractivity contribution < 1.29 is 9.63 Å². The van der Waals surface area contributed by atoms with Gasteiger partial charge in [-0.15, -0.1) is 11.8 Å². The van der Waals surface area contributed by atoms with Gasteiger partial charge in [-0.1, -0.05) is 64.8 Å². The van der Waals surface area contributed by atoms with Crippen molar-refractivity contribution in [2.24, 2.45) is 5.16 Å². The van der Waals surface area contributed by atoms with Crippen molar-refractivity contribution in [1.82, 2.24) is 4.98 Å². The molecule has 0 bridgehead atoms. The summed E-state index contributed by atoms with van der Waals surface area (Å²) in [5, 5.41) is 6.45. The van der Waals surface area contributed by atoms with Crippen molar-refractivity contribution in [3.63, 3.8) is 0 Å². The molecule has 0 unspecified atom stereocenters. The Balaban J connectivity index is 1.55. The summed E-state index contributed by atoms with van der Waals surface area (Å²) >= 11 is 7.57. The lowest BCUT2D eigenvalue weighted by atomic mass is 10.1. The molecule has 0 atom stereocenters. The lowest BCUT2D eigenvalue weighted by Gasteiger charge is -2.08. The number of pyridine rings is 1. The third kappa shape index (κ3) is 5.51. The number of hydrogen-bond acceptors (Lipinski definition) is 5. The van der Waals surface area contributed by atoms with Gasteiger partial charge in [-0.25, -0.2) is 9.78 Å². The number of thioether (sulfide) groups is 1. The average Bonchev–Trinajstić information content (AvgIpc) is 2.78. The van der Waals surface area contributed by atoms with E-state index in [1.807, 2.05) is 73.7 Å². The summed E-state index contributed by atoms with van der Waals surface area (Å²) in [6, 6.07) is 24.8. The van der Waals surface area contributed by atoms with Gasteiger partial charge in [0.05, 0.1) is 17.3 Å². The van der Waals surface area contributed by atoms with Crippen LogP contribution in [0.4, 0.5) is 0 Å². The fraction of sp³-hybridized carbons (Fsp3) is 0.0800. The molecule has 0 radical (unpaired) electrons. The normalized spacial score (nSPS) is 11.2. The smallest absolute Gasteiger partial charge is 0.313 e. The van der Waals surface area contributed by atoms with Crippen molar-refractivity contribution in [3.8, 4) is 0 Å². The van der Waals surface area contributed by atoms with Gasteiger partial charge in [0.2, 0.25) is 0 Å². The standard InChI is InChI=1S/C25H19ClN2O2S/c1-17-5-4-7-20(13-17)25(29)30-27-15-21-14-19-6-2-3-8-23(19)28-24(21)31-16-18-9-11-22(26)12-10-18/h2-15H,16H2,1H3/b27-15-. The summed E-state index contributed by atoms with van der Waals surface area (Å²) in [5.41, 5.74) is 4.27. The van der Waals surface area contributed by atoms with Crippen LogP contribution in [0.3, 0.4) is 0 Å². The molecule has 0 N–H and O–H groups in total. The Kier molecular flexibility index (Phi) is 6.65. The Morgan fingerprint density at radius 1 is 1.06 bits per heavy atom. The summed E-state index contributed by atoms with van der Waals surface area (Å²) in [7, 11) is 0. The van der Waals surface area contributed by atoms with Crippen LogP contribution in [-0.4, -0.2) is 17.2 Å². The second-order valence-corrected chi connectivity index (χ2v) is 8.37. The molecule has 1 heterocycles. The van der Waals surface area contributed by atoms with E-state index in [0.29, 0.717) is 10.6 Å². The maximum absolute atomic E-state index is 12.3. The number of fused-ring (bicyclic) bond motifs is 1. The predicted molar refractivity (Wildman–Crippen MR) is 127 cm³/mol. The second-order valence-electron chi connectivity index (χ2n) is 6.97. The third-order valence-corrected chi connectivity index (χ3v) is 5.92. The highest BCUT2D eigenvalue weighted by Crippen LogP contribution is 2.27. The fourth-order valence-corrected chi connectivity index (χ4v) is 4.07. The molecule has 0 amide bonds. The van der Waals surface area contributed by atoms with E-state index in [2.05, 4.69) is 5.16 Å². The number of hydrogen-bond donors (Lipinski definition) is 0. The zero-order valence-corrected chi connectivity index (χ0v) is 18.4. The summed E-state index contributed by atoms with van der Waals surface area (Å²) in [4.78, 5) is 22.1. The number of benzene rings is 3. The minimum atomic E-state index is -0.496. The monoisotopic (exact) mass is 446 g/mol. The minimum absolute atomic E-state index is 0.464. The first-order chi connectivity index (χ1) is 15.1. The van der Waals surface area contributed by atoms with Crippen LogP contribution in [0.2, 0.25) is 5.02 Å². The highest BCUT2D eigenvalue weighted by Gasteiger charge is 2.09. The number of rotatable bonds is 6. The molecule has 154 valence electrons. The number of halogens is 1. The van der Waals surface area contributed by atoms with Gasteiger partial charge in [0.1, 0.15) is 5.03 Å². The van der Waals surface area contributed by atoms with Crippen molar-refractivity contribution in [3.05, 3.63) is 106 Å². The highest BCUT2D eigenvalue weighted by molar-refractivity contribution is 7.98. The number of oxime groups is 1. The zero-order chi connectivity index (χ0) is 21.6. The molecule has 0 saturated carbocycles. The first kappa shape index (κ1) is 21.1. The van der Waals surface area contributed by atoms with E-state index >= 15 is 0 Å². The molecule has 0 saturated heterocycles. The largest absolute Gasteiger partial charge is 0.365 e. The third-order valence-electron chi connectivity index (χ3n) is 4.59. The molecular weight excluding hydrogens is 428 g/mol. The topological polar surface area (TPSA) is 51.5 Å². The predicted octanol–water partition coefficient (Wildman–Crippen LogP) is 6.68. The molecule has 0 aliphatic rings. The molecule has 0 spiro atoms. The van der Waals surface area contributed by atoms with Crippen molar-refractivity contribution >= 4 is 46.4 Å². The van der Waals surface area contributed by atoms with Crippen LogP contribution in [-0.2, 0) is 10.6 Å². The van der Waals surface area contributed by atoms with E-state index in [0.717, 1.165) is 38.4 Å². The van der Waals surface area contributed by atoms with E-state index in [-0.39, 0.29) is 0 Å². The van der Waals surface area contributed by atoms with Crippen molar-refractivity contribution in [1.29, 1.82) is 0 Å². The molecule has 31 heavy (non-hydrogen) atoms. The Hall–Kier alpha value is -3.15. The van der Waals surface area contributed by atoms with E-state index in [1.54, 1.807) is 23.9 Å². The van der Waals surface area contributed by atoms with Gasteiger partial charge in [-0.2, -0.15) is 0 Å². The zero-order valence-electron chi connectivity index (χ0n) is 16.8. The van der Waals surface area contributed by atoms with Crippen LogP contribution < -0.4 is 0 Å². The van der Waals surface area contributed by atoms with Gasteiger partial charge < -0.3 is 4.84 Å². The van der Waals surface area contributed by atoms with Gasteiger partial charge in [0, 0.05) is 21.7 Å². The van der Waals surface area contributed by atoms with Crippen LogP contribution >= 0.6 is 23.4 Å². The maximum atomic E-state index is 12.3. The van der Waals surface area contributed by atoms with Gasteiger partial charge in [-0.05, 0) is 48.9 Å². The Morgan fingerprint density at radius 2 is 1.87 bits per heavy atom. The van der Waals surface area contributed by atoms with Crippen molar-refractivity contribution in [2.75, 3.05) is 0 Å². The quantitative estimate of drug-likeness (QED) is 0.143. The van der Waals surface area contributed by atoms with Crippen LogP contribution in [0.1, 0.15) is 27.0 Å². The molecule has 0 fully saturated rings. The number of para-hydroxylation sites is 1. The Labute approximate surface area is 189 Å². The van der Waals surface area contributed by atoms with E-state index in [9.17, 15) is 4.79 Å². The molecule has 0 aliphatic carbocycles. The second kappa shape index (κ2) is 9.77. The molecule has 4 rings (SSSR count). The maximum Gasteiger partial charge on any atom is 0.365 e. The molecule has 3 aromatic carbocycles. The van der Waals surface area contributed by atoms with E-state index < -0.39 is 5.97 Å². The number of aromatic nitrogens is 1. The van der Waals surface area contributed by atoms with Crippen LogP contribution in [0.25, 0.3) is 10.9 Å². The lowest BCUT2D eigenvalue weighted by molar-refractivity contribution is 0.0519. The highest BCUT2D eigenvalue weighted by atomic mass is 35.5. The van der Waals surface area contributed by atoms with E-state index in [1.165, 1.54) is 6.21 Å². The molecule has 6 heteroatoms. The Morgan fingerprint density at radius 3 is 2.68 bits per heavy atom. The molecule has 1 aromatic heterocycles. The van der Waals surface area contributed by atoms with Gasteiger partial charge in [0.25, 0.3) is 0 Å². The van der Waals surface area contributed by atoms with E-state index in [4.69, 9.17) is 21.4 Å². The molecule has 4 nitrogen and oxygen atoms in total. The molecule has 0 aliphatic heterocycles. The molecular formula is C25H19ClN2O2S. The van der Waals surface area contributed by atoms with Gasteiger partial charge in [0.15, 0.2) is 0 Å². The average molecular weight is 447 g/mol. The van der Waals surface area contributed by atoms with Crippen LogP contribution in [0, 0.1) is 6.92 Å². The Bertz CT molecular complexity index is 1260. The summed E-state index contributed by atoms with van der Waals surface area (Å²) < 4.78 is 0. The number of carbonyl (C=O) groups is 1. The van der Waals surface area contributed by atoms with Gasteiger partial charge in [-0.3, -0.25) is 0 Å².